The number of aromatic nitrogens is 2. The summed E-state index contributed by atoms with van der Waals surface area (Å²) >= 11 is 0. The van der Waals surface area contributed by atoms with Gasteiger partial charge in [0, 0.05) is 12.6 Å². The van der Waals surface area contributed by atoms with Gasteiger partial charge in [0.15, 0.2) is 0 Å². The number of nitrogens with two attached hydrogens (primary N) is 1. The number of nitrogens with one attached hydrogen (secondary N) is 1. The number of hydrogen-bond acceptors (Lipinski definition) is 4. The van der Waals surface area contributed by atoms with E-state index in [2.05, 4.69) is 9.82 Å². The van der Waals surface area contributed by atoms with Gasteiger partial charge in [0.25, 0.3) is 0 Å². The van der Waals surface area contributed by atoms with Gasteiger partial charge in [-0.2, -0.15) is 5.10 Å². The Bertz CT molecular complexity index is 758. The lowest BCUT2D eigenvalue weighted by Crippen LogP contribution is -2.45. The summed E-state index contributed by atoms with van der Waals surface area (Å²) < 4.78 is 29.7. The van der Waals surface area contributed by atoms with E-state index in [1.807, 2.05) is 30.3 Å². The minimum absolute atomic E-state index is 0. The van der Waals surface area contributed by atoms with Crippen molar-refractivity contribution in [1.29, 1.82) is 0 Å². The molecule has 138 valence electrons. The molecule has 3 N–H and O–H groups in total. The topological polar surface area (TPSA) is 90.0 Å². The van der Waals surface area contributed by atoms with Gasteiger partial charge in [0.05, 0.1) is 18.1 Å². The Morgan fingerprint density at radius 1 is 1.20 bits per heavy atom. The van der Waals surface area contributed by atoms with Crippen molar-refractivity contribution < 1.29 is 8.42 Å². The average molecular weight is 385 g/mol. The second-order valence-corrected chi connectivity index (χ2v) is 8.03. The normalized spacial score (nSPS) is 17.0. The van der Waals surface area contributed by atoms with E-state index >= 15 is 0 Å². The first-order chi connectivity index (χ1) is 11.6. The summed E-state index contributed by atoms with van der Waals surface area (Å²) in [5, 5.41) is 4.16. The van der Waals surface area contributed by atoms with E-state index in [-0.39, 0.29) is 23.3 Å². The monoisotopic (exact) mass is 384 g/mol. The fourth-order valence-electron chi connectivity index (χ4n) is 3.31. The number of rotatable bonds is 6. The van der Waals surface area contributed by atoms with Crippen LogP contribution in [0.25, 0.3) is 5.69 Å². The Kier molecular flexibility index (Phi) is 7.01. The summed E-state index contributed by atoms with van der Waals surface area (Å²) in [6.07, 6.45) is 8.51. The van der Waals surface area contributed by atoms with Crippen LogP contribution in [0.15, 0.2) is 47.6 Å². The van der Waals surface area contributed by atoms with Crippen molar-refractivity contribution in [2.24, 2.45) is 11.7 Å². The molecule has 0 bridgehead atoms. The summed E-state index contributed by atoms with van der Waals surface area (Å²) in [7, 11) is -3.62. The van der Waals surface area contributed by atoms with Crippen molar-refractivity contribution in [3.63, 3.8) is 0 Å². The van der Waals surface area contributed by atoms with Crippen molar-refractivity contribution in [2.75, 3.05) is 6.54 Å². The van der Waals surface area contributed by atoms with E-state index in [1.165, 1.54) is 18.8 Å². The average Bonchev–Trinajstić information content (AvgIpc) is 3.12. The third-order valence-electron chi connectivity index (χ3n) is 4.67. The van der Waals surface area contributed by atoms with Crippen LogP contribution in [0, 0.1) is 5.92 Å². The first-order valence-electron chi connectivity index (χ1n) is 8.42. The smallest absolute Gasteiger partial charge is 0.244 e. The molecule has 1 unspecified atom stereocenters. The lowest BCUT2D eigenvalue weighted by Gasteiger charge is -2.29. The van der Waals surface area contributed by atoms with Gasteiger partial charge < -0.3 is 5.73 Å². The molecule has 1 aromatic carbocycles. The molecule has 6 nitrogen and oxygen atoms in total. The highest BCUT2D eigenvalue weighted by Gasteiger charge is 2.28. The van der Waals surface area contributed by atoms with Crippen LogP contribution in [0.3, 0.4) is 0 Å². The zero-order valence-corrected chi connectivity index (χ0v) is 15.7. The van der Waals surface area contributed by atoms with E-state index in [0.29, 0.717) is 12.5 Å². The molecule has 3 rings (SSSR count). The summed E-state index contributed by atoms with van der Waals surface area (Å²) in [5.74, 6) is 0.322. The van der Waals surface area contributed by atoms with Gasteiger partial charge in [-0.05, 0) is 30.9 Å². The lowest BCUT2D eigenvalue weighted by molar-refractivity contribution is 0.294. The molecule has 2 aromatic rings. The van der Waals surface area contributed by atoms with E-state index in [1.54, 1.807) is 4.68 Å². The van der Waals surface area contributed by atoms with Gasteiger partial charge >= 0.3 is 0 Å². The van der Waals surface area contributed by atoms with Gasteiger partial charge in [-0.15, -0.1) is 12.4 Å². The van der Waals surface area contributed by atoms with E-state index < -0.39 is 10.0 Å². The predicted octanol–water partition coefficient (Wildman–Crippen LogP) is 2.48. The standard InChI is InChI=1S/C17H24N4O2S.ClH/c18-11-17(14-7-3-1-4-8-14)20-24(22,23)16-12-19-21(13-16)15-9-5-2-6-10-15;/h2,5-6,9-10,12-14,17,20H,1,3-4,7-8,11,18H2;1H. The molecule has 0 radical (unpaired) electrons. The van der Waals surface area contributed by atoms with E-state index in [0.717, 1.165) is 31.4 Å². The number of hydrogen-bond donors (Lipinski definition) is 2. The highest BCUT2D eigenvalue weighted by atomic mass is 35.5. The Morgan fingerprint density at radius 3 is 2.52 bits per heavy atom. The second-order valence-electron chi connectivity index (χ2n) is 6.32. The van der Waals surface area contributed by atoms with Gasteiger partial charge in [-0.25, -0.2) is 17.8 Å². The Labute approximate surface area is 155 Å². The predicted molar refractivity (Wildman–Crippen MR) is 101 cm³/mol. The first kappa shape index (κ1) is 19.9. The number of halogens is 1. The quantitative estimate of drug-likeness (QED) is 0.800. The van der Waals surface area contributed by atoms with Crippen molar-refractivity contribution in [3.05, 3.63) is 42.7 Å². The highest BCUT2D eigenvalue weighted by molar-refractivity contribution is 7.89. The molecule has 0 amide bonds. The minimum Gasteiger partial charge on any atom is -0.329 e. The third-order valence-corrected chi connectivity index (χ3v) is 6.11. The summed E-state index contributed by atoms with van der Waals surface area (Å²) in [5.41, 5.74) is 6.66. The van der Waals surface area contributed by atoms with Crippen molar-refractivity contribution in [1.82, 2.24) is 14.5 Å². The van der Waals surface area contributed by atoms with Gasteiger partial charge in [-0.3, -0.25) is 0 Å². The fraction of sp³-hybridized carbons (Fsp3) is 0.471. The maximum absolute atomic E-state index is 12.7. The van der Waals surface area contributed by atoms with Gasteiger partial charge in [0.1, 0.15) is 4.90 Å². The molecule has 1 aliphatic rings. The van der Waals surface area contributed by atoms with Crippen LogP contribution in [-0.4, -0.2) is 30.8 Å². The molecule has 8 heteroatoms. The van der Waals surface area contributed by atoms with Crippen LogP contribution in [0.1, 0.15) is 32.1 Å². The van der Waals surface area contributed by atoms with Crippen molar-refractivity contribution >= 4 is 22.4 Å². The van der Waals surface area contributed by atoms with Crippen LogP contribution in [0.4, 0.5) is 0 Å². The van der Waals surface area contributed by atoms with Crippen molar-refractivity contribution in [3.8, 4) is 5.69 Å². The van der Waals surface area contributed by atoms with Gasteiger partial charge in [-0.1, -0.05) is 37.5 Å². The lowest BCUT2D eigenvalue weighted by atomic mass is 9.84. The number of sulfonamides is 1. The SMILES string of the molecule is Cl.NCC(NS(=O)(=O)c1cnn(-c2ccccc2)c1)C1CCCCC1. The molecule has 1 atom stereocenters. The van der Waals surface area contributed by atoms with Crippen LogP contribution >= 0.6 is 12.4 Å². The fourth-order valence-corrected chi connectivity index (χ4v) is 4.56. The van der Waals surface area contributed by atoms with Crippen LogP contribution < -0.4 is 10.5 Å². The minimum atomic E-state index is -3.62. The zero-order valence-electron chi connectivity index (χ0n) is 14.0. The Balaban J connectivity index is 0.00000225. The first-order valence-corrected chi connectivity index (χ1v) is 9.91. The van der Waals surface area contributed by atoms with E-state index in [4.69, 9.17) is 5.73 Å². The summed E-state index contributed by atoms with van der Waals surface area (Å²) in [6, 6.07) is 9.22. The number of benzene rings is 1. The molecular formula is C17H25ClN4O2S. The third kappa shape index (κ3) is 4.82. The second kappa shape index (κ2) is 8.80. The molecule has 0 aliphatic heterocycles. The summed E-state index contributed by atoms with van der Waals surface area (Å²) in [4.78, 5) is 0.167. The van der Waals surface area contributed by atoms with E-state index in [9.17, 15) is 8.42 Å². The van der Waals surface area contributed by atoms with Gasteiger partial charge in [0.2, 0.25) is 10.0 Å². The maximum Gasteiger partial charge on any atom is 0.244 e. The zero-order chi connectivity index (χ0) is 17.0. The molecule has 0 spiro atoms. The molecule has 1 aliphatic carbocycles. The van der Waals surface area contributed by atoms with Crippen molar-refractivity contribution in [2.45, 2.75) is 43.0 Å². The Hall–Kier alpha value is -1.41. The molecule has 1 heterocycles. The number of nitrogens with zero attached hydrogens (tertiary/aromatic N) is 2. The van der Waals surface area contributed by atoms with Crippen LogP contribution in [-0.2, 0) is 10.0 Å². The maximum atomic E-state index is 12.7. The Morgan fingerprint density at radius 2 is 1.88 bits per heavy atom. The molecule has 25 heavy (non-hydrogen) atoms. The highest BCUT2D eigenvalue weighted by Crippen LogP contribution is 2.27. The molecule has 1 fully saturated rings. The number of para-hydroxylation sites is 1. The molecule has 1 saturated carbocycles. The van der Waals surface area contributed by atoms with Crippen LogP contribution in [0.5, 0.6) is 0 Å². The molecular weight excluding hydrogens is 360 g/mol. The summed E-state index contributed by atoms with van der Waals surface area (Å²) in [6.45, 7) is 0.316. The molecule has 1 aromatic heterocycles. The molecule has 0 saturated heterocycles. The van der Waals surface area contributed by atoms with Crippen LogP contribution in [0.2, 0.25) is 0 Å². The largest absolute Gasteiger partial charge is 0.329 e.